The molecule has 2 atom stereocenters. The van der Waals surface area contributed by atoms with Crippen molar-refractivity contribution in [1.29, 1.82) is 0 Å². The maximum atomic E-state index is 12.4. The lowest BCUT2D eigenvalue weighted by molar-refractivity contribution is -0.384. The van der Waals surface area contributed by atoms with Gasteiger partial charge in [-0.15, -0.1) is 11.6 Å². The summed E-state index contributed by atoms with van der Waals surface area (Å²) in [6.45, 7) is 0. The van der Waals surface area contributed by atoms with Gasteiger partial charge in [0, 0.05) is 28.4 Å². The van der Waals surface area contributed by atoms with E-state index in [0.717, 1.165) is 0 Å². The first-order valence-electron chi connectivity index (χ1n) is 9.07. The number of carbonyl (C=O) groups is 1. The first kappa shape index (κ1) is 20.8. The molecule has 10 heteroatoms. The zero-order valence-electron chi connectivity index (χ0n) is 15.7. The molecule has 1 aliphatic rings. The molecule has 0 radical (unpaired) electrons. The topological polar surface area (TPSA) is 108 Å². The smallest absolute Gasteiger partial charge is 0.271 e. The van der Waals surface area contributed by atoms with Crippen molar-refractivity contribution < 1.29 is 14.8 Å². The Labute approximate surface area is 186 Å². The van der Waals surface area contributed by atoms with E-state index in [1.165, 1.54) is 35.2 Å². The predicted molar refractivity (Wildman–Crippen MR) is 117 cm³/mol. The first-order chi connectivity index (χ1) is 14.8. The standard InChI is InChI=1S/C21H14Cl2N4O4/c22-12-4-7-15(8-5-12)26-20(19(23)21(26)29)17-11-14(6-9-18(17)28)25-24-13-2-1-3-16(10-13)27(30)31/h1-11,19-20,28H/t19-,20+/m0/s1. The summed E-state index contributed by atoms with van der Waals surface area (Å²) in [5.74, 6) is -0.339. The van der Waals surface area contributed by atoms with E-state index >= 15 is 0 Å². The number of amides is 1. The van der Waals surface area contributed by atoms with Gasteiger partial charge in [0.1, 0.15) is 11.1 Å². The number of hydrogen-bond donors (Lipinski definition) is 1. The van der Waals surface area contributed by atoms with Crippen LogP contribution in [0, 0.1) is 10.1 Å². The van der Waals surface area contributed by atoms with Crippen LogP contribution in [0.25, 0.3) is 0 Å². The molecule has 8 nitrogen and oxygen atoms in total. The number of phenolic OH excluding ortho intramolecular Hbond substituents is 1. The maximum absolute atomic E-state index is 12.4. The molecule has 0 saturated carbocycles. The Hall–Kier alpha value is -3.49. The average Bonchev–Trinajstić information content (AvgIpc) is 2.77. The van der Waals surface area contributed by atoms with Gasteiger partial charge >= 0.3 is 0 Å². The monoisotopic (exact) mass is 456 g/mol. The van der Waals surface area contributed by atoms with Gasteiger partial charge in [-0.1, -0.05) is 17.7 Å². The number of azo groups is 1. The van der Waals surface area contributed by atoms with Crippen LogP contribution in [-0.4, -0.2) is 21.3 Å². The van der Waals surface area contributed by atoms with Crippen molar-refractivity contribution in [2.75, 3.05) is 4.90 Å². The van der Waals surface area contributed by atoms with Crippen LogP contribution in [0.3, 0.4) is 0 Å². The van der Waals surface area contributed by atoms with Gasteiger partial charge in [0.25, 0.3) is 5.69 Å². The molecule has 3 aromatic rings. The number of non-ortho nitro benzene ring substituents is 1. The Balaban J connectivity index is 1.64. The van der Waals surface area contributed by atoms with E-state index in [1.54, 1.807) is 36.4 Å². The second kappa shape index (κ2) is 8.33. The molecule has 156 valence electrons. The molecule has 1 heterocycles. The first-order valence-corrected chi connectivity index (χ1v) is 9.88. The predicted octanol–water partition coefficient (Wildman–Crippen LogP) is 6.06. The van der Waals surface area contributed by atoms with E-state index in [9.17, 15) is 20.0 Å². The number of aromatic hydroxyl groups is 1. The number of hydrogen-bond acceptors (Lipinski definition) is 6. The van der Waals surface area contributed by atoms with E-state index in [1.807, 2.05) is 0 Å². The molecule has 1 saturated heterocycles. The van der Waals surface area contributed by atoms with Gasteiger partial charge in [0.05, 0.1) is 22.3 Å². The van der Waals surface area contributed by atoms with Crippen LogP contribution in [0.1, 0.15) is 11.6 Å². The molecule has 0 aliphatic carbocycles. The lowest BCUT2D eigenvalue weighted by Crippen LogP contribution is -2.56. The normalized spacial score (nSPS) is 18.3. The number of anilines is 1. The van der Waals surface area contributed by atoms with Crippen LogP contribution >= 0.6 is 23.2 Å². The van der Waals surface area contributed by atoms with Crippen LogP contribution in [0.15, 0.2) is 77.0 Å². The Morgan fingerprint density at radius 2 is 1.68 bits per heavy atom. The highest BCUT2D eigenvalue weighted by Gasteiger charge is 2.49. The summed E-state index contributed by atoms with van der Waals surface area (Å²) in [4.78, 5) is 24.3. The molecule has 3 aromatic carbocycles. The van der Waals surface area contributed by atoms with Crippen LogP contribution in [0.4, 0.5) is 22.7 Å². The van der Waals surface area contributed by atoms with E-state index in [0.29, 0.717) is 27.6 Å². The fraction of sp³-hybridized carbons (Fsp3) is 0.0952. The summed E-state index contributed by atoms with van der Waals surface area (Å²) in [5.41, 5.74) is 1.60. The number of nitro benzene ring substituents is 1. The van der Waals surface area contributed by atoms with Crippen molar-refractivity contribution in [2.24, 2.45) is 10.2 Å². The number of benzene rings is 3. The van der Waals surface area contributed by atoms with Gasteiger partial charge in [-0.25, -0.2) is 0 Å². The number of nitrogens with zero attached hydrogens (tertiary/aromatic N) is 4. The van der Waals surface area contributed by atoms with Gasteiger partial charge in [-0.3, -0.25) is 14.9 Å². The molecule has 0 aromatic heterocycles. The number of phenols is 1. The van der Waals surface area contributed by atoms with Crippen molar-refractivity contribution in [3.63, 3.8) is 0 Å². The summed E-state index contributed by atoms with van der Waals surface area (Å²) in [6.07, 6.45) is 0. The molecular weight excluding hydrogens is 443 g/mol. The van der Waals surface area contributed by atoms with Gasteiger partial charge in [-0.2, -0.15) is 10.2 Å². The molecule has 4 rings (SSSR count). The maximum Gasteiger partial charge on any atom is 0.271 e. The van der Waals surface area contributed by atoms with Crippen LogP contribution < -0.4 is 4.90 Å². The molecular formula is C21H14Cl2N4O4. The molecule has 1 amide bonds. The summed E-state index contributed by atoms with van der Waals surface area (Å²) in [6, 6.07) is 16.4. The largest absolute Gasteiger partial charge is 0.508 e. The van der Waals surface area contributed by atoms with Crippen LogP contribution in [-0.2, 0) is 4.79 Å². The van der Waals surface area contributed by atoms with Crippen molar-refractivity contribution in [1.82, 2.24) is 0 Å². The fourth-order valence-corrected chi connectivity index (χ4v) is 3.74. The van der Waals surface area contributed by atoms with Crippen LogP contribution in [0.5, 0.6) is 5.75 Å². The second-order valence-corrected chi connectivity index (χ2v) is 7.66. The van der Waals surface area contributed by atoms with Crippen LogP contribution in [0.2, 0.25) is 5.02 Å². The van der Waals surface area contributed by atoms with Gasteiger partial charge in [0.2, 0.25) is 5.91 Å². The van der Waals surface area contributed by atoms with Crippen molar-refractivity contribution >= 4 is 51.9 Å². The quantitative estimate of drug-likeness (QED) is 0.165. The minimum Gasteiger partial charge on any atom is -0.508 e. The average molecular weight is 457 g/mol. The molecule has 0 bridgehead atoms. The molecule has 0 spiro atoms. The van der Waals surface area contributed by atoms with E-state index < -0.39 is 16.3 Å². The Morgan fingerprint density at radius 3 is 2.35 bits per heavy atom. The zero-order valence-corrected chi connectivity index (χ0v) is 17.2. The van der Waals surface area contributed by atoms with Gasteiger partial charge < -0.3 is 10.0 Å². The lowest BCUT2D eigenvalue weighted by Gasteiger charge is -2.44. The van der Waals surface area contributed by atoms with Crippen molar-refractivity contribution in [3.05, 3.63) is 87.4 Å². The number of nitro groups is 1. The van der Waals surface area contributed by atoms with Crippen molar-refractivity contribution in [2.45, 2.75) is 11.4 Å². The number of rotatable bonds is 5. The third-order valence-electron chi connectivity index (χ3n) is 4.78. The third-order valence-corrected chi connectivity index (χ3v) is 5.46. The summed E-state index contributed by atoms with van der Waals surface area (Å²) >= 11 is 12.2. The highest BCUT2D eigenvalue weighted by Crippen LogP contribution is 2.46. The van der Waals surface area contributed by atoms with E-state index in [2.05, 4.69) is 10.2 Å². The molecule has 31 heavy (non-hydrogen) atoms. The second-order valence-electron chi connectivity index (χ2n) is 6.75. The molecule has 0 unspecified atom stereocenters. The van der Waals surface area contributed by atoms with Gasteiger partial charge in [-0.05, 0) is 48.5 Å². The molecule has 1 N–H and O–H groups in total. The third kappa shape index (κ3) is 4.08. The molecule has 1 aliphatic heterocycles. The summed E-state index contributed by atoms with van der Waals surface area (Å²) < 4.78 is 0. The Morgan fingerprint density at radius 1 is 1.00 bits per heavy atom. The lowest BCUT2D eigenvalue weighted by atomic mass is 9.91. The van der Waals surface area contributed by atoms with Gasteiger partial charge in [0.15, 0.2) is 0 Å². The Bertz CT molecular complexity index is 1200. The minimum absolute atomic E-state index is 0.0450. The number of β-lactam (4-membered cyclic amide) rings is 1. The zero-order chi connectivity index (χ0) is 22.1. The summed E-state index contributed by atoms with van der Waals surface area (Å²) in [5, 5.41) is 29.1. The Kier molecular flexibility index (Phi) is 5.58. The SMILES string of the molecule is O=C1[C@@H](Cl)[C@@H](c2cc(N=Nc3cccc([N+](=O)[O-])c3)ccc2O)N1c1ccc(Cl)cc1. The number of halogens is 2. The van der Waals surface area contributed by atoms with Crippen molar-refractivity contribution in [3.8, 4) is 5.75 Å². The highest BCUT2D eigenvalue weighted by atomic mass is 35.5. The number of alkyl halides is 1. The number of carbonyl (C=O) groups excluding carboxylic acids is 1. The van der Waals surface area contributed by atoms with E-state index in [4.69, 9.17) is 23.2 Å². The molecule has 1 fully saturated rings. The minimum atomic E-state index is -0.856. The summed E-state index contributed by atoms with van der Waals surface area (Å²) in [7, 11) is 0. The van der Waals surface area contributed by atoms with E-state index in [-0.39, 0.29) is 17.3 Å². The fourth-order valence-electron chi connectivity index (χ4n) is 3.27. The highest BCUT2D eigenvalue weighted by molar-refractivity contribution is 6.37.